The highest BCUT2D eigenvalue weighted by atomic mass is 16.5. The van der Waals surface area contributed by atoms with Gasteiger partial charge < -0.3 is 14.5 Å². The van der Waals surface area contributed by atoms with Crippen molar-refractivity contribution in [2.45, 2.75) is 19.5 Å². The topological polar surface area (TPSA) is 63.5 Å². The lowest BCUT2D eigenvalue weighted by atomic mass is 10.2. The maximum Gasteiger partial charge on any atom is 0.234 e. The van der Waals surface area contributed by atoms with E-state index in [0.29, 0.717) is 6.54 Å². The summed E-state index contributed by atoms with van der Waals surface area (Å²) in [5.74, 6) is 1.52. The summed E-state index contributed by atoms with van der Waals surface area (Å²) in [7, 11) is 1.62. The molecule has 1 heterocycles. The third-order valence-electron chi connectivity index (χ3n) is 3.21. The summed E-state index contributed by atoms with van der Waals surface area (Å²) >= 11 is 0. The van der Waals surface area contributed by atoms with Crippen LogP contribution < -0.4 is 15.4 Å². The van der Waals surface area contributed by atoms with Crippen LogP contribution >= 0.6 is 0 Å². The summed E-state index contributed by atoms with van der Waals surface area (Å²) in [5.41, 5.74) is 0.951. The Balaban J connectivity index is 1.77. The van der Waals surface area contributed by atoms with E-state index in [0.717, 1.165) is 17.1 Å². The minimum atomic E-state index is -0.0701. The van der Waals surface area contributed by atoms with Gasteiger partial charge in [-0.25, -0.2) is 0 Å². The molecule has 5 nitrogen and oxygen atoms in total. The molecule has 1 aromatic heterocycles. The van der Waals surface area contributed by atoms with Crippen LogP contribution in [0.25, 0.3) is 0 Å². The molecule has 0 bridgehead atoms. The number of para-hydroxylation sites is 1. The van der Waals surface area contributed by atoms with Crippen molar-refractivity contribution in [3.05, 3.63) is 54.0 Å². The fourth-order valence-electron chi connectivity index (χ4n) is 1.99. The van der Waals surface area contributed by atoms with Crippen molar-refractivity contribution in [3.8, 4) is 5.75 Å². The van der Waals surface area contributed by atoms with E-state index in [9.17, 15) is 4.79 Å². The molecule has 0 fully saturated rings. The van der Waals surface area contributed by atoms with Crippen LogP contribution in [0.3, 0.4) is 0 Å². The van der Waals surface area contributed by atoms with Crippen molar-refractivity contribution in [1.29, 1.82) is 0 Å². The first-order valence-corrected chi connectivity index (χ1v) is 6.86. The van der Waals surface area contributed by atoms with Crippen LogP contribution in [0.2, 0.25) is 0 Å². The number of hydrogen-bond donors (Lipinski definition) is 2. The number of amides is 1. The SMILES string of the molecule is COc1ccccc1CNC(=O)CN[C@@H](C)c1ccco1. The van der Waals surface area contributed by atoms with E-state index in [-0.39, 0.29) is 18.5 Å². The zero-order chi connectivity index (χ0) is 15.1. The molecule has 1 amide bonds. The van der Waals surface area contributed by atoms with Gasteiger partial charge in [-0.2, -0.15) is 0 Å². The summed E-state index contributed by atoms with van der Waals surface area (Å²) in [6.45, 7) is 2.63. The summed E-state index contributed by atoms with van der Waals surface area (Å²) in [6, 6.07) is 11.3. The molecule has 21 heavy (non-hydrogen) atoms. The van der Waals surface area contributed by atoms with Crippen molar-refractivity contribution >= 4 is 5.91 Å². The lowest BCUT2D eigenvalue weighted by Gasteiger charge is -2.12. The minimum Gasteiger partial charge on any atom is -0.496 e. The Hall–Kier alpha value is -2.27. The molecule has 2 aromatic rings. The number of furan rings is 1. The fourth-order valence-corrected chi connectivity index (χ4v) is 1.99. The number of nitrogens with one attached hydrogen (secondary N) is 2. The van der Waals surface area contributed by atoms with Gasteiger partial charge >= 0.3 is 0 Å². The average Bonchev–Trinajstić information content (AvgIpc) is 3.05. The highest BCUT2D eigenvalue weighted by Gasteiger charge is 2.10. The van der Waals surface area contributed by atoms with Gasteiger partial charge in [0.25, 0.3) is 0 Å². The molecule has 2 rings (SSSR count). The monoisotopic (exact) mass is 288 g/mol. The Morgan fingerprint density at radius 3 is 2.81 bits per heavy atom. The highest BCUT2D eigenvalue weighted by molar-refractivity contribution is 5.78. The first-order chi connectivity index (χ1) is 10.2. The number of carbonyl (C=O) groups is 1. The fraction of sp³-hybridized carbons (Fsp3) is 0.312. The van der Waals surface area contributed by atoms with E-state index in [2.05, 4.69) is 10.6 Å². The first-order valence-electron chi connectivity index (χ1n) is 6.86. The van der Waals surface area contributed by atoms with Gasteiger partial charge in [0.05, 0.1) is 26.0 Å². The van der Waals surface area contributed by atoms with E-state index in [4.69, 9.17) is 9.15 Å². The van der Waals surface area contributed by atoms with Gasteiger partial charge in [-0.15, -0.1) is 0 Å². The third-order valence-corrected chi connectivity index (χ3v) is 3.21. The molecule has 0 aliphatic heterocycles. The van der Waals surface area contributed by atoms with Crippen LogP contribution in [-0.2, 0) is 11.3 Å². The molecule has 0 unspecified atom stereocenters. The molecule has 0 aliphatic rings. The van der Waals surface area contributed by atoms with Gasteiger partial charge in [-0.1, -0.05) is 18.2 Å². The quantitative estimate of drug-likeness (QED) is 0.820. The van der Waals surface area contributed by atoms with Crippen molar-refractivity contribution in [1.82, 2.24) is 10.6 Å². The Bertz CT molecular complexity index is 567. The van der Waals surface area contributed by atoms with Crippen LogP contribution in [0, 0.1) is 0 Å². The van der Waals surface area contributed by atoms with Gasteiger partial charge in [-0.3, -0.25) is 10.1 Å². The second kappa shape index (κ2) is 7.50. The number of benzene rings is 1. The highest BCUT2D eigenvalue weighted by Crippen LogP contribution is 2.16. The summed E-state index contributed by atoms with van der Waals surface area (Å²) < 4.78 is 10.5. The largest absolute Gasteiger partial charge is 0.496 e. The summed E-state index contributed by atoms with van der Waals surface area (Å²) in [5, 5.41) is 5.97. The predicted molar refractivity (Wildman–Crippen MR) is 80.0 cm³/mol. The smallest absolute Gasteiger partial charge is 0.234 e. The number of hydrogen-bond acceptors (Lipinski definition) is 4. The standard InChI is InChI=1S/C16H20N2O3/c1-12(14-8-5-9-21-14)17-11-16(19)18-10-13-6-3-4-7-15(13)20-2/h3-9,12,17H,10-11H2,1-2H3,(H,18,19)/t12-/m0/s1. The Morgan fingerprint density at radius 2 is 2.10 bits per heavy atom. The summed E-state index contributed by atoms with van der Waals surface area (Å²) in [4.78, 5) is 11.8. The number of methoxy groups -OCH3 is 1. The van der Waals surface area contributed by atoms with Crippen LogP contribution in [-0.4, -0.2) is 19.6 Å². The molecule has 5 heteroatoms. The van der Waals surface area contributed by atoms with E-state index in [1.165, 1.54) is 0 Å². The third kappa shape index (κ3) is 4.36. The van der Waals surface area contributed by atoms with Gasteiger partial charge in [0.15, 0.2) is 0 Å². The second-order valence-electron chi connectivity index (χ2n) is 4.71. The Kier molecular flexibility index (Phi) is 5.40. The molecule has 2 N–H and O–H groups in total. The Labute approximate surface area is 124 Å². The average molecular weight is 288 g/mol. The van der Waals surface area contributed by atoms with E-state index in [1.54, 1.807) is 13.4 Å². The van der Waals surface area contributed by atoms with Gasteiger partial charge in [0, 0.05) is 12.1 Å². The van der Waals surface area contributed by atoms with Crippen molar-refractivity contribution in [2.75, 3.05) is 13.7 Å². The van der Waals surface area contributed by atoms with Crippen molar-refractivity contribution < 1.29 is 13.9 Å². The van der Waals surface area contributed by atoms with Crippen molar-refractivity contribution in [2.24, 2.45) is 0 Å². The van der Waals surface area contributed by atoms with Crippen LogP contribution in [0.4, 0.5) is 0 Å². The molecule has 0 radical (unpaired) electrons. The summed E-state index contributed by atoms with van der Waals surface area (Å²) in [6.07, 6.45) is 1.62. The zero-order valence-corrected chi connectivity index (χ0v) is 12.3. The molecule has 0 saturated carbocycles. The van der Waals surface area contributed by atoms with E-state index < -0.39 is 0 Å². The van der Waals surface area contributed by atoms with Crippen LogP contribution in [0.1, 0.15) is 24.3 Å². The second-order valence-corrected chi connectivity index (χ2v) is 4.71. The molecule has 0 saturated heterocycles. The van der Waals surface area contributed by atoms with Crippen molar-refractivity contribution in [3.63, 3.8) is 0 Å². The maximum absolute atomic E-state index is 11.8. The van der Waals surface area contributed by atoms with Crippen LogP contribution in [0.15, 0.2) is 47.1 Å². The predicted octanol–water partition coefficient (Wildman–Crippen LogP) is 2.26. The number of ether oxygens (including phenoxy) is 1. The van der Waals surface area contributed by atoms with E-state index >= 15 is 0 Å². The molecule has 1 atom stereocenters. The lowest BCUT2D eigenvalue weighted by molar-refractivity contribution is -0.120. The molecule has 0 aliphatic carbocycles. The normalized spacial score (nSPS) is 11.9. The molecular weight excluding hydrogens is 268 g/mol. The number of carbonyl (C=O) groups excluding carboxylic acids is 1. The molecular formula is C16H20N2O3. The van der Waals surface area contributed by atoms with E-state index in [1.807, 2.05) is 43.3 Å². The zero-order valence-electron chi connectivity index (χ0n) is 12.3. The molecule has 0 spiro atoms. The first kappa shape index (κ1) is 15.1. The molecule has 112 valence electrons. The van der Waals surface area contributed by atoms with Gasteiger partial charge in [0.1, 0.15) is 11.5 Å². The maximum atomic E-state index is 11.8. The lowest BCUT2D eigenvalue weighted by Crippen LogP contribution is -2.34. The Morgan fingerprint density at radius 1 is 1.29 bits per heavy atom. The van der Waals surface area contributed by atoms with Gasteiger partial charge in [-0.05, 0) is 25.1 Å². The number of rotatable bonds is 7. The molecule has 1 aromatic carbocycles. The minimum absolute atomic E-state index is 0.00277. The van der Waals surface area contributed by atoms with Gasteiger partial charge in [0.2, 0.25) is 5.91 Å². The van der Waals surface area contributed by atoms with Crippen LogP contribution in [0.5, 0.6) is 5.75 Å².